The Kier molecular flexibility index (Phi) is 4.35. The van der Waals surface area contributed by atoms with Gasteiger partial charge in [-0.2, -0.15) is 5.10 Å². The van der Waals surface area contributed by atoms with Crippen molar-refractivity contribution in [1.29, 1.82) is 0 Å². The van der Waals surface area contributed by atoms with Crippen molar-refractivity contribution in [3.8, 4) is 0 Å². The molecule has 0 spiro atoms. The van der Waals surface area contributed by atoms with Crippen molar-refractivity contribution in [2.45, 2.75) is 19.9 Å². The molecule has 132 valence electrons. The Morgan fingerprint density at radius 3 is 2.81 bits per heavy atom. The average Bonchev–Trinajstić information content (AvgIpc) is 3.02. The van der Waals surface area contributed by atoms with Crippen molar-refractivity contribution in [3.05, 3.63) is 65.6 Å². The summed E-state index contributed by atoms with van der Waals surface area (Å²) >= 11 is 0. The van der Waals surface area contributed by atoms with Crippen molar-refractivity contribution in [2.24, 2.45) is 5.92 Å². The van der Waals surface area contributed by atoms with Crippen molar-refractivity contribution in [1.82, 2.24) is 20.4 Å². The van der Waals surface area contributed by atoms with Gasteiger partial charge in [0.1, 0.15) is 0 Å². The van der Waals surface area contributed by atoms with Crippen molar-refractivity contribution >= 4 is 17.4 Å². The molecule has 7 nitrogen and oxygen atoms in total. The second kappa shape index (κ2) is 6.95. The number of carbonyl (C=O) groups is 1. The van der Waals surface area contributed by atoms with Crippen LogP contribution in [0.4, 0.5) is 11.5 Å². The van der Waals surface area contributed by atoms with E-state index in [1.54, 1.807) is 6.07 Å². The lowest BCUT2D eigenvalue weighted by molar-refractivity contribution is 0.102. The van der Waals surface area contributed by atoms with Gasteiger partial charge < -0.3 is 10.2 Å². The molecular weight excluding hydrogens is 328 g/mol. The van der Waals surface area contributed by atoms with Gasteiger partial charge in [-0.15, -0.1) is 10.2 Å². The lowest BCUT2D eigenvalue weighted by atomic mass is 10.1. The molecule has 1 aromatic carbocycles. The first-order valence-corrected chi connectivity index (χ1v) is 8.65. The standard InChI is InChI=1S/C19H20N6O/c1-13-9-17-14(10-20-22-17)12-25(11-13)18-8-7-16(23-24-18)19(26)21-15-5-3-2-4-6-15/h2-8,10,13H,9,11-12H2,1H3,(H,20,22)(H,21,26). The zero-order valence-corrected chi connectivity index (χ0v) is 14.5. The van der Waals surface area contributed by atoms with Gasteiger partial charge in [-0.1, -0.05) is 25.1 Å². The molecule has 0 saturated carbocycles. The third-order valence-electron chi connectivity index (χ3n) is 4.49. The number of amides is 1. The van der Waals surface area contributed by atoms with Gasteiger partial charge in [0.25, 0.3) is 5.91 Å². The Bertz CT molecular complexity index is 890. The highest BCUT2D eigenvalue weighted by Crippen LogP contribution is 2.23. The smallest absolute Gasteiger partial charge is 0.276 e. The highest BCUT2D eigenvalue weighted by atomic mass is 16.1. The molecule has 26 heavy (non-hydrogen) atoms. The Balaban J connectivity index is 1.50. The highest BCUT2D eigenvalue weighted by molar-refractivity contribution is 6.02. The summed E-state index contributed by atoms with van der Waals surface area (Å²) in [7, 11) is 0. The number of nitrogens with one attached hydrogen (secondary N) is 2. The van der Waals surface area contributed by atoms with Crippen LogP contribution >= 0.6 is 0 Å². The number of H-pyrrole nitrogens is 1. The third-order valence-corrected chi connectivity index (χ3v) is 4.49. The van der Waals surface area contributed by atoms with Crippen molar-refractivity contribution in [3.63, 3.8) is 0 Å². The second-order valence-electron chi connectivity index (χ2n) is 6.66. The molecule has 3 heterocycles. The molecular formula is C19H20N6O. The Hall–Kier alpha value is -3.22. The SMILES string of the molecule is CC1Cc2[nH]ncc2CN(c2ccc(C(=O)Nc3ccccc3)nn2)C1. The lowest BCUT2D eigenvalue weighted by Gasteiger charge is -2.23. The van der Waals surface area contributed by atoms with Crippen LogP contribution in [0.3, 0.4) is 0 Å². The molecule has 1 unspecified atom stereocenters. The van der Waals surface area contributed by atoms with Crippen LogP contribution in [-0.4, -0.2) is 32.8 Å². The van der Waals surface area contributed by atoms with Crippen molar-refractivity contribution < 1.29 is 4.79 Å². The molecule has 1 amide bonds. The minimum atomic E-state index is -0.267. The number of aromatic nitrogens is 4. The first-order valence-electron chi connectivity index (χ1n) is 8.65. The number of hydrogen-bond acceptors (Lipinski definition) is 5. The van der Waals surface area contributed by atoms with Crippen LogP contribution in [0.15, 0.2) is 48.7 Å². The van der Waals surface area contributed by atoms with Gasteiger partial charge in [0.2, 0.25) is 0 Å². The molecule has 7 heteroatoms. The van der Waals surface area contributed by atoms with Gasteiger partial charge in [0.05, 0.1) is 6.20 Å². The molecule has 0 fully saturated rings. The normalized spacial score (nSPS) is 16.7. The van der Waals surface area contributed by atoms with Crippen LogP contribution in [-0.2, 0) is 13.0 Å². The number of anilines is 2. The number of carbonyl (C=O) groups excluding carboxylic acids is 1. The largest absolute Gasteiger partial charge is 0.350 e. The predicted octanol–water partition coefficient (Wildman–Crippen LogP) is 2.65. The predicted molar refractivity (Wildman–Crippen MR) is 98.9 cm³/mol. The Labute approximate surface area is 151 Å². The van der Waals surface area contributed by atoms with Crippen LogP contribution in [0.25, 0.3) is 0 Å². The molecule has 2 aromatic heterocycles. The minimum Gasteiger partial charge on any atom is -0.350 e. The summed E-state index contributed by atoms with van der Waals surface area (Å²) in [5, 5.41) is 18.4. The number of benzene rings is 1. The third kappa shape index (κ3) is 3.42. The number of aromatic amines is 1. The lowest BCUT2D eigenvalue weighted by Crippen LogP contribution is -2.28. The summed E-state index contributed by atoms with van der Waals surface area (Å²) in [4.78, 5) is 14.5. The highest BCUT2D eigenvalue weighted by Gasteiger charge is 2.22. The van der Waals surface area contributed by atoms with Crippen LogP contribution in [0.1, 0.15) is 28.7 Å². The van der Waals surface area contributed by atoms with E-state index in [0.717, 1.165) is 31.0 Å². The van der Waals surface area contributed by atoms with Crippen LogP contribution < -0.4 is 10.2 Å². The summed E-state index contributed by atoms with van der Waals surface area (Å²) in [6.07, 6.45) is 2.84. The first kappa shape index (κ1) is 16.3. The molecule has 0 bridgehead atoms. The molecule has 1 aliphatic heterocycles. The second-order valence-corrected chi connectivity index (χ2v) is 6.66. The number of nitrogens with zero attached hydrogens (tertiary/aromatic N) is 4. The van der Waals surface area contributed by atoms with Gasteiger partial charge in [-0.05, 0) is 36.6 Å². The minimum absolute atomic E-state index is 0.267. The van der Waals surface area contributed by atoms with E-state index in [0.29, 0.717) is 11.6 Å². The van der Waals surface area contributed by atoms with Gasteiger partial charge >= 0.3 is 0 Å². The van der Waals surface area contributed by atoms with Crippen LogP contribution in [0, 0.1) is 5.92 Å². The van der Waals surface area contributed by atoms with E-state index < -0.39 is 0 Å². The maximum atomic E-state index is 12.3. The zero-order chi connectivity index (χ0) is 17.9. The van der Waals surface area contributed by atoms with Gasteiger partial charge in [0, 0.05) is 30.0 Å². The summed E-state index contributed by atoms with van der Waals surface area (Å²) in [5.74, 6) is 0.971. The van der Waals surface area contributed by atoms with E-state index in [-0.39, 0.29) is 5.91 Å². The molecule has 0 saturated heterocycles. The maximum Gasteiger partial charge on any atom is 0.276 e. The van der Waals surface area contributed by atoms with E-state index in [2.05, 4.69) is 37.5 Å². The van der Waals surface area contributed by atoms with Crippen molar-refractivity contribution in [2.75, 3.05) is 16.8 Å². The van der Waals surface area contributed by atoms with E-state index in [1.807, 2.05) is 42.6 Å². The molecule has 0 radical (unpaired) electrons. The summed E-state index contributed by atoms with van der Waals surface area (Å²) in [5.41, 5.74) is 3.40. The number of fused-ring (bicyclic) bond motifs is 1. The van der Waals surface area contributed by atoms with E-state index >= 15 is 0 Å². The van der Waals surface area contributed by atoms with Gasteiger partial charge in [-0.25, -0.2) is 0 Å². The number of hydrogen-bond donors (Lipinski definition) is 2. The first-order chi connectivity index (χ1) is 12.7. The monoisotopic (exact) mass is 348 g/mol. The van der Waals surface area contributed by atoms with Crippen LogP contribution in [0.2, 0.25) is 0 Å². The Morgan fingerprint density at radius 1 is 1.19 bits per heavy atom. The summed E-state index contributed by atoms with van der Waals surface area (Å²) in [6, 6.07) is 12.9. The molecule has 3 aromatic rings. The van der Waals surface area contributed by atoms with Gasteiger partial charge in [0.15, 0.2) is 11.5 Å². The molecule has 0 aliphatic carbocycles. The fraction of sp³-hybridized carbons (Fsp3) is 0.263. The Morgan fingerprint density at radius 2 is 2.04 bits per heavy atom. The summed E-state index contributed by atoms with van der Waals surface area (Å²) in [6.45, 7) is 3.82. The number of rotatable bonds is 3. The average molecular weight is 348 g/mol. The van der Waals surface area contributed by atoms with E-state index in [9.17, 15) is 4.79 Å². The topological polar surface area (TPSA) is 86.8 Å². The molecule has 4 rings (SSSR count). The number of para-hydroxylation sites is 1. The van der Waals surface area contributed by atoms with E-state index in [4.69, 9.17) is 0 Å². The zero-order valence-electron chi connectivity index (χ0n) is 14.5. The molecule has 2 N–H and O–H groups in total. The van der Waals surface area contributed by atoms with Crippen LogP contribution in [0.5, 0.6) is 0 Å². The molecule has 1 atom stereocenters. The fourth-order valence-corrected chi connectivity index (χ4v) is 3.22. The molecule has 1 aliphatic rings. The van der Waals surface area contributed by atoms with Gasteiger partial charge in [-0.3, -0.25) is 9.89 Å². The van der Waals surface area contributed by atoms with E-state index in [1.165, 1.54) is 11.3 Å². The quantitative estimate of drug-likeness (QED) is 0.760. The maximum absolute atomic E-state index is 12.3. The fourth-order valence-electron chi connectivity index (χ4n) is 3.22. The summed E-state index contributed by atoms with van der Waals surface area (Å²) < 4.78 is 0.